The first-order valence-corrected chi connectivity index (χ1v) is 10.1. The van der Waals surface area contributed by atoms with Crippen molar-refractivity contribution < 1.29 is 19.1 Å². The Morgan fingerprint density at radius 1 is 1.09 bits per heavy atom. The summed E-state index contributed by atoms with van der Waals surface area (Å²) < 4.78 is 10.8. The second kappa shape index (κ2) is 9.32. The maximum Gasteiger partial charge on any atom is 0.330 e. The first-order valence-electron chi connectivity index (χ1n) is 7.05. The Morgan fingerprint density at radius 2 is 1.61 bits per heavy atom. The Hall–Kier alpha value is -1.85. The lowest BCUT2D eigenvalue weighted by Gasteiger charge is -2.30. The molecule has 6 heteroatoms. The number of benzene rings is 1. The van der Waals surface area contributed by atoms with Gasteiger partial charge < -0.3 is 9.47 Å². The number of carbonyl (C=O) groups is 2. The van der Waals surface area contributed by atoms with Gasteiger partial charge >= 0.3 is 11.9 Å². The molecule has 0 aliphatic carbocycles. The van der Waals surface area contributed by atoms with Gasteiger partial charge in [-0.3, -0.25) is 0 Å². The van der Waals surface area contributed by atoms with Gasteiger partial charge in [0, 0.05) is 12.2 Å². The highest BCUT2D eigenvalue weighted by atomic mass is 35.5. The average molecular weight is 352 g/mol. The average Bonchev–Trinajstić information content (AvgIpc) is 2.56. The third-order valence-corrected chi connectivity index (χ3v) is 5.38. The van der Waals surface area contributed by atoms with Crippen LogP contribution >= 0.6 is 11.6 Å². The molecule has 1 aromatic rings. The smallest absolute Gasteiger partial charge is 0.330 e. The molecule has 0 N–H and O–H groups in total. The molecule has 4 nitrogen and oxygen atoms in total. The van der Waals surface area contributed by atoms with Crippen LogP contribution in [0.15, 0.2) is 55.6 Å². The van der Waals surface area contributed by atoms with Gasteiger partial charge in [0.2, 0.25) is 0 Å². The molecule has 0 saturated heterocycles. The lowest BCUT2D eigenvalue weighted by molar-refractivity contribution is -0.146. The summed E-state index contributed by atoms with van der Waals surface area (Å²) >= 11 is 6.55. The van der Waals surface area contributed by atoms with E-state index < -0.39 is 37.9 Å². The summed E-state index contributed by atoms with van der Waals surface area (Å²) in [6.45, 7) is 10.7. The molecule has 1 aromatic carbocycles. The molecule has 123 valence electrons. The van der Waals surface area contributed by atoms with E-state index in [9.17, 15) is 9.59 Å². The summed E-state index contributed by atoms with van der Waals surface area (Å²) in [5, 5.41) is -0.714. The summed E-state index contributed by atoms with van der Waals surface area (Å²) in [5.41, 5.74) is 0.181. The SMILES string of the molecule is C=CC(=O)OC(c1ccccc1)C(Cl)C(OC(=O)C=C)[Si](C)C. The van der Waals surface area contributed by atoms with Gasteiger partial charge in [0.25, 0.3) is 0 Å². The maximum atomic E-state index is 11.7. The minimum atomic E-state index is -1.11. The molecule has 0 spiro atoms. The quantitative estimate of drug-likeness (QED) is 0.311. The van der Waals surface area contributed by atoms with Crippen molar-refractivity contribution in [2.45, 2.75) is 30.3 Å². The van der Waals surface area contributed by atoms with Crippen LogP contribution in [-0.4, -0.2) is 31.8 Å². The van der Waals surface area contributed by atoms with Crippen molar-refractivity contribution in [2.24, 2.45) is 0 Å². The van der Waals surface area contributed by atoms with Crippen LogP contribution in [0.5, 0.6) is 0 Å². The van der Waals surface area contributed by atoms with Crippen molar-refractivity contribution in [3.63, 3.8) is 0 Å². The summed E-state index contributed by atoms with van der Waals surface area (Å²) in [5.74, 6) is -1.13. The van der Waals surface area contributed by atoms with E-state index in [1.54, 1.807) is 12.1 Å². The van der Waals surface area contributed by atoms with Crippen molar-refractivity contribution in [1.82, 2.24) is 0 Å². The van der Waals surface area contributed by atoms with E-state index in [0.29, 0.717) is 0 Å². The molecule has 0 aromatic heterocycles. The molecule has 0 fully saturated rings. The molecule has 1 radical (unpaired) electrons. The highest BCUT2D eigenvalue weighted by Gasteiger charge is 2.36. The number of carbonyl (C=O) groups excluding carboxylic acids is 2. The Morgan fingerprint density at radius 3 is 2.09 bits per heavy atom. The monoisotopic (exact) mass is 351 g/mol. The van der Waals surface area contributed by atoms with E-state index in [4.69, 9.17) is 21.1 Å². The van der Waals surface area contributed by atoms with Crippen LogP contribution in [-0.2, 0) is 19.1 Å². The molecule has 23 heavy (non-hydrogen) atoms. The van der Waals surface area contributed by atoms with Gasteiger partial charge in [0.05, 0.1) is 8.80 Å². The van der Waals surface area contributed by atoms with Gasteiger partial charge in [0.15, 0.2) is 0 Å². The number of ether oxygens (including phenoxy) is 2. The van der Waals surface area contributed by atoms with Crippen molar-refractivity contribution >= 4 is 32.3 Å². The van der Waals surface area contributed by atoms with Crippen molar-refractivity contribution in [1.29, 1.82) is 0 Å². The van der Waals surface area contributed by atoms with Crippen molar-refractivity contribution in [3.05, 3.63) is 61.2 Å². The van der Waals surface area contributed by atoms with Gasteiger partial charge in [-0.25, -0.2) is 9.59 Å². The maximum absolute atomic E-state index is 11.7. The molecule has 0 saturated carbocycles. The van der Waals surface area contributed by atoms with E-state index in [1.807, 2.05) is 31.3 Å². The van der Waals surface area contributed by atoms with E-state index in [-0.39, 0.29) is 0 Å². The number of hydrogen-bond donors (Lipinski definition) is 0. The van der Waals surface area contributed by atoms with Gasteiger partial charge in [-0.15, -0.1) is 11.6 Å². The Bertz CT molecular complexity index is 559. The highest BCUT2D eigenvalue weighted by molar-refractivity contribution is 6.58. The molecule has 0 bridgehead atoms. The van der Waals surface area contributed by atoms with Crippen LogP contribution in [0.4, 0.5) is 0 Å². The fraction of sp³-hybridized carbons (Fsp3) is 0.294. The topological polar surface area (TPSA) is 52.6 Å². The summed E-state index contributed by atoms with van der Waals surface area (Å²) in [6.07, 6.45) is 1.42. The number of halogens is 1. The zero-order valence-corrected chi connectivity index (χ0v) is 15.0. The zero-order chi connectivity index (χ0) is 17.4. The minimum absolute atomic E-state index is 0.546. The molecular weight excluding hydrogens is 332 g/mol. The fourth-order valence-corrected chi connectivity index (χ4v) is 4.13. The summed E-state index contributed by atoms with van der Waals surface area (Å²) in [4.78, 5) is 23.2. The predicted octanol–water partition coefficient (Wildman–Crippen LogP) is 3.46. The molecule has 0 aliphatic heterocycles. The van der Waals surface area contributed by atoms with E-state index in [2.05, 4.69) is 13.2 Å². The van der Waals surface area contributed by atoms with Crippen LogP contribution < -0.4 is 0 Å². The normalized spacial score (nSPS) is 14.4. The van der Waals surface area contributed by atoms with Crippen LogP contribution in [0.2, 0.25) is 13.1 Å². The molecule has 3 unspecified atom stereocenters. The number of hydrogen-bond acceptors (Lipinski definition) is 4. The molecular formula is C17H20ClO4Si. The molecule has 0 heterocycles. The first kappa shape index (κ1) is 19.2. The van der Waals surface area contributed by atoms with Crippen molar-refractivity contribution in [3.8, 4) is 0 Å². The summed E-state index contributed by atoms with van der Waals surface area (Å²) in [6, 6.07) is 9.11. The van der Waals surface area contributed by atoms with Gasteiger partial charge in [-0.05, 0) is 5.56 Å². The number of esters is 2. The Kier molecular flexibility index (Phi) is 7.78. The molecule has 0 aliphatic rings. The van der Waals surface area contributed by atoms with Crippen LogP contribution in [0.3, 0.4) is 0 Å². The number of alkyl halides is 1. The minimum Gasteiger partial charge on any atom is -0.462 e. The Balaban J connectivity index is 3.11. The fourth-order valence-electron chi connectivity index (χ4n) is 1.97. The Labute approximate surface area is 143 Å². The van der Waals surface area contributed by atoms with Gasteiger partial charge in [-0.1, -0.05) is 56.6 Å². The molecule has 1 rings (SSSR count). The third-order valence-electron chi connectivity index (χ3n) is 3.10. The third kappa shape index (κ3) is 5.69. The summed E-state index contributed by atoms with van der Waals surface area (Å²) in [7, 11) is -1.11. The molecule has 3 atom stereocenters. The van der Waals surface area contributed by atoms with Crippen LogP contribution in [0.25, 0.3) is 0 Å². The molecule has 0 amide bonds. The largest absolute Gasteiger partial charge is 0.462 e. The van der Waals surface area contributed by atoms with E-state index in [0.717, 1.165) is 17.7 Å². The van der Waals surface area contributed by atoms with E-state index >= 15 is 0 Å². The second-order valence-corrected chi connectivity index (χ2v) is 8.28. The predicted molar refractivity (Wildman–Crippen MR) is 92.7 cm³/mol. The van der Waals surface area contributed by atoms with Gasteiger partial charge in [-0.2, -0.15) is 0 Å². The van der Waals surface area contributed by atoms with Crippen LogP contribution in [0, 0.1) is 0 Å². The van der Waals surface area contributed by atoms with Gasteiger partial charge in [0.1, 0.15) is 17.2 Å². The second-order valence-electron chi connectivity index (χ2n) is 5.06. The highest BCUT2D eigenvalue weighted by Crippen LogP contribution is 2.30. The van der Waals surface area contributed by atoms with E-state index in [1.165, 1.54) is 0 Å². The standard InChI is InChI=1S/C17H20ClO4Si/c1-5-13(19)21-16(12-10-8-7-9-11-12)15(18)17(23(3)4)22-14(20)6-2/h5-11,15-17H,1-2H2,3-4H3. The zero-order valence-electron chi connectivity index (χ0n) is 13.2. The lowest BCUT2D eigenvalue weighted by Crippen LogP contribution is -2.42. The first-order chi connectivity index (χ1) is 10.9. The van der Waals surface area contributed by atoms with Crippen molar-refractivity contribution in [2.75, 3.05) is 0 Å². The lowest BCUT2D eigenvalue weighted by atomic mass is 10.1. The van der Waals surface area contributed by atoms with Crippen LogP contribution in [0.1, 0.15) is 11.7 Å². The number of rotatable bonds is 8.